The van der Waals surface area contributed by atoms with Gasteiger partial charge in [0.05, 0.1) is 12.2 Å². The Bertz CT molecular complexity index is 1110. The Balaban J connectivity index is 1.26. The molecule has 0 unspecified atom stereocenters. The number of hydrogen-bond acceptors (Lipinski definition) is 9. The van der Waals surface area contributed by atoms with Crippen molar-refractivity contribution < 1.29 is 19.1 Å². The first-order valence-electron chi connectivity index (χ1n) is 13.2. The van der Waals surface area contributed by atoms with E-state index in [0.717, 1.165) is 50.0 Å². The monoisotopic (exact) mass is 584 g/mol. The summed E-state index contributed by atoms with van der Waals surface area (Å²) in [6, 6.07) is 19.4. The van der Waals surface area contributed by atoms with Crippen LogP contribution in [-0.4, -0.2) is 60.5 Å². The van der Waals surface area contributed by atoms with E-state index in [-0.39, 0.29) is 24.0 Å². The lowest BCUT2D eigenvalue weighted by atomic mass is 10.1. The van der Waals surface area contributed by atoms with E-state index in [4.69, 9.17) is 9.47 Å². The van der Waals surface area contributed by atoms with Crippen LogP contribution in [-0.2, 0) is 19.1 Å². The number of thioether (sulfide) groups is 2. The molecule has 2 fully saturated rings. The van der Waals surface area contributed by atoms with Gasteiger partial charge in [0, 0.05) is 26.3 Å². The predicted octanol–water partition coefficient (Wildman–Crippen LogP) is 4.80. The third-order valence-corrected chi connectivity index (χ3v) is 10.2. The van der Waals surface area contributed by atoms with Gasteiger partial charge >= 0.3 is 0 Å². The van der Waals surface area contributed by atoms with E-state index >= 15 is 0 Å². The van der Waals surface area contributed by atoms with Crippen molar-refractivity contribution in [1.82, 2.24) is 20.8 Å². The molecule has 2 aromatic carbocycles. The molecule has 0 aliphatic carbocycles. The summed E-state index contributed by atoms with van der Waals surface area (Å²) in [5.41, 5.74) is 1.79. The van der Waals surface area contributed by atoms with Gasteiger partial charge in [0.1, 0.15) is 10.5 Å². The first-order valence-corrected chi connectivity index (χ1v) is 15.8. The lowest BCUT2D eigenvalue weighted by Crippen LogP contribution is -2.34. The number of carbonyl (C=O) groups excluding carboxylic acids is 2. The highest BCUT2D eigenvalue weighted by atomic mass is 32.2. The number of rotatable bonds is 12. The summed E-state index contributed by atoms with van der Waals surface area (Å²) >= 11 is 4.14. The Morgan fingerprint density at radius 2 is 1.21 bits per heavy atom. The fourth-order valence-electron chi connectivity index (χ4n) is 4.52. The number of aromatic nitrogens is 2. The first-order chi connectivity index (χ1) is 19.2. The van der Waals surface area contributed by atoms with Gasteiger partial charge in [-0.3, -0.25) is 9.59 Å². The fourth-order valence-corrected chi connectivity index (χ4v) is 7.97. The van der Waals surface area contributed by atoms with Crippen LogP contribution < -0.4 is 10.6 Å². The maximum absolute atomic E-state index is 13.2. The molecule has 11 heteroatoms. The van der Waals surface area contributed by atoms with Crippen LogP contribution in [0.15, 0.2) is 69.3 Å². The molecular weight excluding hydrogens is 553 g/mol. The van der Waals surface area contributed by atoms with Gasteiger partial charge in [-0.15, -0.1) is 10.2 Å². The minimum atomic E-state index is -0.474. The molecule has 0 bridgehead atoms. The van der Waals surface area contributed by atoms with E-state index in [1.54, 1.807) is 0 Å². The largest absolute Gasteiger partial charge is 0.376 e. The highest BCUT2D eigenvalue weighted by Crippen LogP contribution is 2.42. The van der Waals surface area contributed by atoms with Crippen molar-refractivity contribution in [1.29, 1.82) is 0 Å². The normalized spacial score (nSPS) is 20.4. The highest BCUT2D eigenvalue weighted by molar-refractivity contribution is 8.04. The smallest absolute Gasteiger partial charge is 0.238 e. The van der Waals surface area contributed by atoms with Crippen molar-refractivity contribution >= 4 is 46.7 Å². The molecule has 4 atom stereocenters. The number of carbonyl (C=O) groups is 2. The number of amides is 2. The van der Waals surface area contributed by atoms with Crippen molar-refractivity contribution in [2.75, 3.05) is 26.3 Å². The van der Waals surface area contributed by atoms with Gasteiger partial charge in [-0.1, -0.05) is 95.5 Å². The molecule has 2 saturated heterocycles. The maximum Gasteiger partial charge on any atom is 0.238 e. The topological polar surface area (TPSA) is 102 Å². The van der Waals surface area contributed by atoms with Crippen molar-refractivity contribution in [3.63, 3.8) is 0 Å². The second-order valence-electron chi connectivity index (χ2n) is 9.41. The minimum absolute atomic E-state index is 0.0706. The number of benzene rings is 2. The molecule has 5 rings (SSSR count). The molecule has 1 aromatic heterocycles. The highest BCUT2D eigenvalue weighted by Gasteiger charge is 2.28. The Kier molecular flexibility index (Phi) is 10.3. The van der Waals surface area contributed by atoms with Crippen LogP contribution in [0.2, 0.25) is 0 Å². The van der Waals surface area contributed by atoms with Crippen molar-refractivity contribution in [2.45, 2.75) is 57.1 Å². The summed E-state index contributed by atoms with van der Waals surface area (Å²) in [4.78, 5) is 26.5. The average Bonchev–Trinajstić information content (AvgIpc) is 3.77. The summed E-state index contributed by atoms with van der Waals surface area (Å²) < 4.78 is 12.7. The summed E-state index contributed by atoms with van der Waals surface area (Å²) in [5, 5.41) is 13.9. The van der Waals surface area contributed by atoms with Crippen LogP contribution in [0, 0.1) is 0 Å². The van der Waals surface area contributed by atoms with Gasteiger partial charge < -0.3 is 20.1 Å². The summed E-state index contributed by atoms with van der Waals surface area (Å²) in [6.07, 6.45) is 4.12. The lowest BCUT2D eigenvalue weighted by molar-refractivity contribution is -0.122. The average molecular weight is 585 g/mol. The van der Waals surface area contributed by atoms with E-state index in [2.05, 4.69) is 20.8 Å². The standard InChI is InChI=1S/C28H32N4O4S3/c33-25(29-17-21-13-7-15-35-21)23(19-9-3-1-4-10-19)37-27-31-32-28(39-27)38-24(20-11-5-2-6-12-20)26(34)30-18-22-14-8-16-36-22/h1-6,9-12,21-24H,7-8,13-18H2,(H,29,33)(H,30,34)/t21-,22+,23+,24-. The Labute approximate surface area is 241 Å². The van der Waals surface area contributed by atoms with E-state index < -0.39 is 10.5 Å². The van der Waals surface area contributed by atoms with Crippen molar-refractivity contribution in [3.8, 4) is 0 Å². The zero-order valence-electron chi connectivity index (χ0n) is 21.5. The summed E-state index contributed by atoms with van der Waals surface area (Å²) in [6.45, 7) is 2.50. The molecule has 2 amide bonds. The predicted molar refractivity (Wildman–Crippen MR) is 154 cm³/mol. The van der Waals surface area contributed by atoms with Crippen LogP contribution in [0.4, 0.5) is 0 Å². The third kappa shape index (κ3) is 8.04. The van der Waals surface area contributed by atoms with E-state index in [9.17, 15) is 9.59 Å². The number of hydrogen-bond donors (Lipinski definition) is 2. The van der Waals surface area contributed by atoms with E-state index in [1.165, 1.54) is 34.9 Å². The Morgan fingerprint density at radius 3 is 1.59 bits per heavy atom. The molecule has 2 aliphatic heterocycles. The lowest BCUT2D eigenvalue weighted by Gasteiger charge is -2.18. The van der Waals surface area contributed by atoms with Crippen LogP contribution in [0.25, 0.3) is 0 Å². The summed E-state index contributed by atoms with van der Waals surface area (Å²) in [7, 11) is 0. The quantitative estimate of drug-likeness (QED) is 0.293. The zero-order valence-corrected chi connectivity index (χ0v) is 23.9. The zero-order chi connectivity index (χ0) is 26.9. The van der Waals surface area contributed by atoms with E-state index in [1.807, 2.05) is 60.7 Å². The molecule has 0 saturated carbocycles. The molecule has 3 heterocycles. The molecule has 2 aliphatic rings. The second-order valence-corrected chi connectivity index (χ2v) is 13.1. The molecule has 8 nitrogen and oxygen atoms in total. The number of nitrogens with one attached hydrogen (secondary N) is 2. The molecule has 39 heavy (non-hydrogen) atoms. The van der Waals surface area contributed by atoms with Gasteiger partial charge in [-0.05, 0) is 36.8 Å². The number of nitrogens with zero attached hydrogens (tertiary/aromatic N) is 2. The van der Waals surface area contributed by atoms with Crippen molar-refractivity contribution in [3.05, 3.63) is 71.8 Å². The van der Waals surface area contributed by atoms with Crippen LogP contribution >= 0.6 is 34.9 Å². The minimum Gasteiger partial charge on any atom is -0.376 e. The maximum atomic E-state index is 13.2. The summed E-state index contributed by atoms with van der Waals surface area (Å²) in [5.74, 6) is -0.163. The van der Waals surface area contributed by atoms with Crippen LogP contribution in [0.3, 0.4) is 0 Å². The molecule has 0 radical (unpaired) electrons. The Hall–Kier alpha value is -2.44. The molecular formula is C28H32N4O4S3. The van der Waals surface area contributed by atoms with Crippen LogP contribution in [0.5, 0.6) is 0 Å². The molecule has 3 aromatic rings. The van der Waals surface area contributed by atoms with Gasteiger partial charge in [-0.2, -0.15) is 0 Å². The SMILES string of the molecule is O=C(NC[C@H]1CCCO1)[C@@H](Sc1nnc(S[C@@H](C(=O)NC[C@@H]2CCCO2)c2ccccc2)s1)c1ccccc1. The van der Waals surface area contributed by atoms with Gasteiger partial charge in [0.15, 0.2) is 8.68 Å². The fraction of sp³-hybridized carbons (Fsp3) is 0.429. The molecule has 0 spiro atoms. The number of ether oxygens (including phenoxy) is 2. The van der Waals surface area contributed by atoms with Crippen molar-refractivity contribution in [2.24, 2.45) is 0 Å². The first kappa shape index (κ1) is 28.1. The van der Waals surface area contributed by atoms with E-state index in [0.29, 0.717) is 21.8 Å². The third-order valence-electron chi connectivity index (χ3n) is 6.56. The van der Waals surface area contributed by atoms with Gasteiger partial charge in [-0.25, -0.2) is 0 Å². The van der Waals surface area contributed by atoms with Gasteiger partial charge in [0.25, 0.3) is 0 Å². The van der Waals surface area contributed by atoms with Gasteiger partial charge in [0.2, 0.25) is 11.8 Å². The molecule has 206 valence electrons. The molecule has 2 N–H and O–H groups in total. The second kappa shape index (κ2) is 14.3. The Morgan fingerprint density at radius 1 is 0.769 bits per heavy atom. The van der Waals surface area contributed by atoms with Crippen LogP contribution in [0.1, 0.15) is 47.3 Å².